The molecule has 0 spiro atoms. The van der Waals surface area contributed by atoms with E-state index < -0.39 is 0 Å². The van der Waals surface area contributed by atoms with Gasteiger partial charge in [0.2, 0.25) is 5.91 Å². The fourth-order valence-electron chi connectivity index (χ4n) is 2.11. The minimum atomic E-state index is -0.0805. The average Bonchev–Trinajstić information content (AvgIpc) is 2.43. The number of anilines is 1. The van der Waals surface area contributed by atoms with Gasteiger partial charge in [-0.1, -0.05) is 12.1 Å². The van der Waals surface area contributed by atoms with Crippen molar-refractivity contribution in [1.82, 2.24) is 15.5 Å². The molecule has 0 aliphatic carbocycles. The van der Waals surface area contributed by atoms with Crippen LogP contribution in [-0.2, 0) is 11.3 Å². The van der Waals surface area contributed by atoms with Gasteiger partial charge in [0.15, 0.2) is 5.82 Å². The molecule has 6 nitrogen and oxygen atoms in total. The molecule has 1 aliphatic heterocycles. The van der Waals surface area contributed by atoms with Gasteiger partial charge in [-0.2, -0.15) is 0 Å². The van der Waals surface area contributed by atoms with E-state index in [9.17, 15) is 9.90 Å². The molecular weight excluding hydrogens is 256 g/mol. The molecule has 3 N–H and O–H groups in total. The van der Waals surface area contributed by atoms with Crippen molar-refractivity contribution in [2.45, 2.75) is 13.0 Å². The van der Waals surface area contributed by atoms with E-state index in [0.29, 0.717) is 36.6 Å². The number of phenolic OH excluding ortho intramolecular Hbond substituents is 1. The van der Waals surface area contributed by atoms with Crippen molar-refractivity contribution in [3.05, 3.63) is 35.9 Å². The Bertz CT molecular complexity index is 657. The highest BCUT2D eigenvalue weighted by Crippen LogP contribution is 2.28. The molecule has 20 heavy (non-hydrogen) atoms. The summed E-state index contributed by atoms with van der Waals surface area (Å²) in [6, 6.07) is 8.79. The molecule has 1 aliphatic rings. The van der Waals surface area contributed by atoms with Crippen LogP contribution in [0.15, 0.2) is 30.3 Å². The van der Waals surface area contributed by atoms with Crippen LogP contribution in [0.2, 0.25) is 0 Å². The van der Waals surface area contributed by atoms with E-state index in [0.717, 1.165) is 5.56 Å². The van der Waals surface area contributed by atoms with Gasteiger partial charge in [0.05, 0.1) is 5.69 Å². The van der Waals surface area contributed by atoms with Gasteiger partial charge in [-0.25, -0.2) is 0 Å². The van der Waals surface area contributed by atoms with E-state index in [4.69, 9.17) is 0 Å². The van der Waals surface area contributed by atoms with Crippen molar-refractivity contribution in [2.75, 3.05) is 11.9 Å². The van der Waals surface area contributed by atoms with E-state index in [1.807, 2.05) is 12.1 Å². The summed E-state index contributed by atoms with van der Waals surface area (Å²) in [4.78, 5) is 11.5. The molecule has 102 valence electrons. The first-order valence-electron chi connectivity index (χ1n) is 6.39. The van der Waals surface area contributed by atoms with E-state index in [-0.39, 0.29) is 11.7 Å². The van der Waals surface area contributed by atoms with Gasteiger partial charge in [-0.05, 0) is 18.2 Å². The van der Waals surface area contributed by atoms with Crippen LogP contribution in [0.25, 0.3) is 11.3 Å². The Labute approximate surface area is 115 Å². The van der Waals surface area contributed by atoms with Gasteiger partial charge < -0.3 is 15.7 Å². The van der Waals surface area contributed by atoms with Crippen molar-refractivity contribution in [3.8, 4) is 17.0 Å². The van der Waals surface area contributed by atoms with Crippen LogP contribution in [0.4, 0.5) is 5.82 Å². The summed E-state index contributed by atoms with van der Waals surface area (Å²) in [5.74, 6) is 0.550. The number of rotatable bonds is 1. The number of fused-ring (bicyclic) bond motifs is 1. The van der Waals surface area contributed by atoms with Crippen molar-refractivity contribution in [3.63, 3.8) is 0 Å². The zero-order valence-corrected chi connectivity index (χ0v) is 10.8. The number of benzene rings is 1. The Balaban J connectivity index is 2.02. The second-order valence-corrected chi connectivity index (χ2v) is 4.60. The lowest BCUT2D eigenvalue weighted by atomic mass is 10.1. The van der Waals surface area contributed by atoms with Crippen LogP contribution in [0.3, 0.4) is 0 Å². The Morgan fingerprint density at radius 1 is 1.20 bits per heavy atom. The van der Waals surface area contributed by atoms with Gasteiger partial charge in [0, 0.05) is 30.6 Å². The predicted molar refractivity (Wildman–Crippen MR) is 74.1 cm³/mol. The number of carbonyl (C=O) groups is 1. The van der Waals surface area contributed by atoms with Crippen LogP contribution in [-0.4, -0.2) is 27.8 Å². The minimum absolute atomic E-state index is 0.0805. The second-order valence-electron chi connectivity index (χ2n) is 4.60. The van der Waals surface area contributed by atoms with Crippen molar-refractivity contribution >= 4 is 11.7 Å². The number of aromatic nitrogens is 2. The van der Waals surface area contributed by atoms with Crippen molar-refractivity contribution in [1.29, 1.82) is 0 Å². The van der Waals surface area contributed by atoms with Crippen LogP contribution in [0.5, 0.6) is 5.75 Å². The molecule has 0 radical (unpaired) electrons. The number of nitrogens with one attached hydrogen (secondary N) is 2. The Hall–Kier alpha value is -2.47. The fraction of sp³-hybridized carbons (Fsp3) is 0.214. The first-order chi connectivity index (χ1) is 9.74. The van der Waals surface area contributed by atoms with Gasteiger partial charge >= 0.3 is 0 Å². The summed E-state index contributed by atoms with van der Waals surface area (Å²) in [6.45, 7) is 1.23. The third kappa shape index (κ3) is 2.46. The number of hydrogen-bond donors (Lipinski definition) is 3. The summed E-state index contributed by atoms with van der Waals surface area (Å²) in [5.41, 5.74) is 2.06. The second kappa shape index (κ2) is 5.26. The largest absolute Gasteiger partial charge is 0.507 e. The first kappa shape index (κ1) is 12.6. The molecule has 3 rings (SSSR count). The number of phenols is 1. The molecule has 0 unspecified atom stereocenters. The highest BCUT2D eigenvalue weighted by molar-refractivity contribution is 5.91. The number of carbonyl (C=O) groups excluding carboxylic acids is 1. The SMILES string of the molecule is O=C1CCNCc2cc(-c3ccccc3O)nnc2N1. The number of amides is 1. The average molecular weight is 270 g/mol. The lowest BCUT2D eigenvalue weighted by Gasteiger charge is -2.15. The molecule has 1 aromatic carbocycles. The third-order valence-corrected chi connectivity index (χ3v) is 3.15. The maximum atomic E-state index is 11.5. The summed E-state index contributed by atoms with van der Waals surface area (Å²) in [5, 5.41) is 23.9. The van der Waals surface area contributed by atoms with Crippen LogP contribution >= 0.6 is 0 Å². The monoisotopic (exact) mass is 270 g/mol. The summed E-state index contributed by atoms with van der Waals surface area (Å²) in [7, 11) is 0. The molecule has 0 saturated heterocycles. The third-order valence-electron chi connectivity index (χ3n) is 3.15. The minimum Gasteiger partial charge on any atom is -0.507 e. The Kier molecular flexibility index (Phi) is 3.30. The van der Waals surface area contributed by atoms with Crippen LogP contribution < -0.4 is 10.6 Å². The van der Waals surface area contributed by atoms with Crippen LogP contribution in [0.1, 0.15) is 12.0 Å². The highest BCUT2D eigenvalue weighted by Gasteiger charge is 2.15. The summed E-state index contributed by atoms with van der Waals surface area (Å²) < 4.78 is 0. The lowest BCUT2D eigenvalue weighted by molar-refractivity contribution is -0.116. The van der Waals surface area contributed by atoms with Gasteiger partial charge in [-0.3, -0.25) is 4.79 Å². The molecule has 1 amide bonds. The zero-order chi connectivity index (χ0) is 13.9. The van der Waals surface area contributed by atoms with E-state index >= 15 is 0 Å². The predicted octanol–water partition coefficient (Wildman–Crippen LogP) is 1.28. The van der Waals surface area contributed by atoms with Gasteiger partial charge in [0.25, 0.3) is 0 Å². The molecule has 0 fully saturated rings. The van der Waals surface area contributed by atoms with E-state index in [1.165, 1.54) is 0 Å². The Morgan fingerprint density at radius 2 is 2.05 bits per heavy atom. The first-order valence-corrected chi connectivity index (χ1v) is 6.39. The van der Waals surface area contributed by atoms with Gasteiger partial charge in [-0.15, -0.1) is 10.2 Å². The Morgan fingerprint density at radius 3 is 2.90 bits per heavy atom. The quantitative estimate of drug-likeness (QED) is 0.726. The molecule has 2 heterocycles. The van der Waals surface area contributed by atoms with Crippen molar-refractivity contribution < 1.29 is 9.90 Å². The van der Waals surface area contributed by atoms with Crippen LogP contribution in [0, 0.1) is 0 Å². The number of aromatic hydroxyl groups is 1. The smallest absolute Gasteiger partial charge is 0.226 e. The molecule has 0 atom stereocenters. The number of hydrogen-bond acceptors (Lipinski definition) is 5. The van der Waals surface area contributed by atoms with E-state index in [2.05, 4.69) is 20.8 Å². The number of para-hydroxylation sites is 1. The molecular formula is C14H14N4O2. The summed E-state index contributed by atoms with van der Waals surface area (Å²) >= 11 is 0. The summed E-state index contributed by atoms with van der Waals surface area (Å²) in [6.07, 6.45) is 0.419. The maximum absolute atomic E-state index is 11.5. The topological polar surface area (TPSA) is 87.1 Å². The molecule has 0 saturated carbocycles. The molecule has 6 heteroatoms. The van der Waals surface area contributed by atoms with Gasteiger partial charge in [0.1, 0.15) is 5.75 Å². The zero-order valence-electron chi connectivity index (χ0n) is 10.8. The molecule has 0 bridgehead atoms. The normalized spacial score (nSPS) is 14.9. The fourth-order valence-corrected chi connectivity index (χ4v) is 2.11. The van der Waals surface area contributed by atoms with E-state index in [1.54, 1.807) is 18.2 Å². The van der Waals surface area contributed by atoms with Crippen molar-refractivity contribution in [2.24, 2.45) is 0 Å². The standard InChI is InChI=1S/C14H14N4O2/c19-12-4-2-1-3-10(12)11-7-9-8-15-6-5-13(20)16-14(9)18-17-11/h1-4,7,15,19H,5-6,8H2,(H,16,18,20). The maximum Gasteiger partial charge on any atom is 0.226 e. The molecule has 2 aromatic rings. The lowest BCUT2D eigenvalue weighted by Crippen LogP contribution is -2.26. The number of nitrogens with zero attached hydrogens (tertiary/aromatic N) is 2. The molecule has 1 aromatic heterocycles. The highest BCUT2D eigenvalue weighted by atomic mass is 16.3.